The summed E-state index contributed by atoms with van der Waals surface area (Å²) < 4.78 is 27.1. The van der Waals surface area contributed by atoms with E-state index in [1.54, 1.807) is 30.6 Å². The molecular weight excluding hydrogens is 551 g/mol. The SMILES string of the molecule is C[C@H](NP(=O)(OC[C@@H]1C=C[C@H](n2cnc3c(Cl)nc(N)nc32)C1)Oc1ccccc1Br)C(=O)O. The number of nitrogens with one attached hydrogen (secondary N) is 1. The van der Waals surface area contributed by atoms with Gasteiger partial charge in [0.25, 0.3) is 0 Å². The Morgan fingerprint density at radius 1 is 1.41 bits per heavy atom. The van der Waals surface area contributed by atoms with Crippen molar-refractivity contribution in [2.45, 2.75) is 25.4 Å². The molecule has 0 aliphatic heterocycles. The fourth-order valence-electron chi connectivity index (χ4n) is 3.45. The van der Waals surface area contributed by atoms with Crippen LogP contribution in [0.25, 0.3) is 11.2 Å². The number of imidazole rings is 1. The Labute approximate surface area is 208 Å². The summed E-state index contributed by atoms with van der Waals surface area (Å²) in [5, 5.41) is 11.9. The number of rotatable bonds is 9. The first kappa shape index (κ1) is 24.6. The largest absolute Gasteiger partial charge is 0.480 e. The standard InChI is InChI=1S/C20H21BrClN6O5P/c1-11(19(29)30)27-34(31,33-15-5-3-2-4-14(15)21)32-9-12-6-7-13(8-12)28-10-24-16-17(22)25-20(23)26-18(16)28/h2-7,10-13H,8-9H2,1H3,(H,27,31)(H,29,30)(H2,23,25,26)/t11-,12+,13-,34?/m0/s1. The Morgan fingerprint density at radius 3 is 2.91 bits per heavy atom. The van der Waals surface area contributed by atoms with Gasteiger partial charge in [-0.15, -0.1) is 0 Å². The number of carboxylic acid groups (broad SMARTS) is 1. The number of nitrogens with zero attached hydrogens (tertiary/aromatic N) is 4. The van der Waals surface area contributed by atoms with Crippen molar-refractivity contribution in [3.05, 3.63) is 52.4 Å². The van der Waals surface area contributed by atoms with Crippen LogP contribution in [0.2, 0.25) is 5.15 Å². The fourth-order valence-corrected chi connectivity index (χ4v) is 5.73. The van der Waals surface area contributed by atoms with Crippen molar-refractivity contribution in [2.24, 2.45) is 5.92 Å². The quantitative estimate of drug-likeness (QED) is 0.193. The Hall–Kier alpha value is -2.50. The van der Waals surface area contributed by atoms with Crippen LogP contribution in [0.3, 0.4) is 0 Å². The van der Waals surface area contributed by atoms with Gasteiger partial charge in [0.05, 0.1) is 23.4 Å². The zero-order valence-electron chi connectivity index (χ0n) is 17.8. The summed E-state index contributed by atoms with van der Waals surface area (Å²) in [6.45, 7) is 1.38. The van der Waals surface area contributed by atoms with Gasteiger partial charge in [-0.25, -0.2) is 9.55 Å². The maximum Gasteiger partial charge on any atom is 0.459 e. The molecule has 11 nitrogen and oxygen atoms in total. The van der Waals surface area contributed by atoms with Gasteiger partial charge in [-0.3, -0.25) is 9.32 Å². The normalized spacial score (nSPS) is 20.3. The highest BCUT2D eigenvalue weighted by Gasteiger charge is 2.34. The fraction of sp³-hybridized carbons (Fsp3) is 0.300. The van der Waals surface area contributed by atoms with Crippen LogP contribution in [-0.4, -0.2) is 43.2 Å². The second-order valence-corrected chi connectivity index (χ2v) is 10.6. The first-order valence-electron chi connectivity index (χ1n) is 10.2. The molecule has 1 aliphatic rings. The molecule has 1 aliphatic carbocycles. The molecular formula is C20H21BrClN6O5P. The Morgan fingerprint density at radius 2 is 2.18 bits per heavy atom. The number of allylic oxidation sites excluding steroid dienone is 1. The lowest BCUT2D eigenvalue weighted by Gasteiger charge is -2.23. The second kappa shape index (κ2) is 10.0. The molecule has 0 saturated heterocycles. The molecule has 0 saturated carbocycles. The van der Waals surface area contributed by atoms with Crippen molar-refractivity contribution in [3.8, 4) is 5.75 Å². The molecule has 180 valence electrons. The summed E-state index contributed by atoms with van der Waals surface area (Å²) in [5.74, 6) is -1.01. The molecule has 3 aromatic rings. The number of para-hydroxylation sites is 1. The lowest BCUT2D eigenvalue weighted by atomic mass is 10.1. The first-order valence-corrected chi connectivity index (χ1v) is 12.9. The average molecular weight is 572 g/mol. The van der Waals surface area contributed by atoms with Crippen molar-refractivity contribution in [2.75, 3.05) is 12.3 Å². The van der Waals surface area contributed by atoms with E-state index >= 15 is 0 Å². The number of benzene rings is 1. The van der Waals surface area contributed by atoms with Crippen LogP contribution in [-0.2, 0) is 13.9 Å². The third-order valence-corrected chi connectivity index (χ3v) is 7.69. The minimum absolute atomic E-state index is 0.0264. The maximum absolute atomic E-state index is 13.4. The smallest absolute Gasteiger partial charge is 0.459 e. The number of hydrogen-bond acceptors (Lipinski definition) is 8. The van der Waals surface area contributed by atoms with E-state index in [0.717, 1.165) is 0 Å². The zero-order valence-corrected chi connectivity index (χ0v) is 21.1. The van der Waals surface area contributed by atoms with Crippen LogP contribution in [0.15, 0.2) is 47.2 Å². The van der Waals surface area contributed by atoms with E-state index in [4.69, 9.17) is 26.4 Å². The number of nitrogen functional groups attached to an aromatic ring is 1. The summed E-state index contributed by atoms with van der Waals surface area (Å²) in [6.07, 6.45) is 6.08. The summed E-state index contributed by atoms with van der Waals surface area (Å²) >= 11 is 9.44. The van der Waals surface area contributed by atoms with Gasteiger partial charge in [-0.2, -0.15) is 15.1 Å². The number of halogens is 2. The minimum Gasteiger partial charge on any atom is -0.480 e. The maximum atomic E-state index is 13.4. The van der Waals surface area contributed by atoms with Crippen molar-refractivity contribution < 1.29 is 23.5 Å². The summed E-state index contributed by atoms with van der Waals surface area (Å²) in [5.41, 5.74) is 6.68. The second-order valence-electron chi connectivity index (χ2n) is 7.65. The molecule has 34 heavy (non-hydrogen) atoms. The van der Waals surface area contributed by atoms with Crippen LogP contribution in [0, 0.1) is 5.92 Å². The number of carboxylic acids is 1. The molecule has 4 N–H and O–H groups in total. The lowest BCUT2D eigenvalue weighted by Crippen LogP contribution is -2.33. The van der Waals surface area contributed by atoms with E-state index in [-0.39, 0.29) is 35.4 Å². The molecule has 0 bridgehead atoms. The Bertz CT molecular complexity index is 1300. The van der Waals surface area contributed by atoms with Crippen molar-refractivity contribution in [1.29, 1.82) is 0 Å². The Balaban J connectivity index is 1.47. The van der Waals surface area contributed by atoms with Crippen LogP contribution < -0.4 is 15.3 Å². The lowest BCUT2D eigenvalue weighted by molar-refractivity contribution is -0.138. The predicted molar refractivity (Wildman–Crippen MR) is 130 cm³/mol. The molecule has 1 unspecified atom stereocenters. The number of fused-ring (bicyclic) bond motifs is 1. The van der Waals surface area contributed by atoms with Crippen LogP contribution in [0.5, 0.6) is 5.75 Å². The third-order valence-electron chi connectivity index (χ3n) is 5.14. The van der Waals surface area contributed by atoms with Gasteiger partial charge in [0.1, 0.15) is 17.3 Å². The molecule has 0 spiro atoms. The van der Waals surface area contributed by atoms with Crippen LogP contribution >= 0.6 is 35.3 Å². The first-order chi connectivity index (χ1) is 16.1. The number of nitrogens with two attached hydrogens (primary N) is 1. The van der Waals surface area contributed by atoms with Gasteiger partial charge in [0, 0.05) is 5.92 Å². The minimum atomic E-state index is -4.03. The van der Waals surface area contributed by atoms with Crippen molar-refractivity contribution in [1.82, 2.24) is 24.6 Å². The van der Waals surface area contributed by atoms with Crippen LogP contribution in [0.1, 0.15) is 19.4 Å². The topological polar surface area (TPSA) is 154 Å². The van der Waals surface area contributed by atoms with E-state index in [0.29, 0.717) is 22.1 Å². The van der Waals surface area contributed by atoms with Gasteiger partial charge in [0.15, 0.2) is 10.8 Å². The molecule has 0 fully saturated rings. The number of anilines is 1. The van der Waals surface area contributed by atoms with Gasteiger partial charge < -0.3 is 19.9 Å². The number of aromatic nitrogens is 4. The van der Waals surface area contributed by atoms with E-state index in [1.165, 1.54) is 6.92 Å². The summed E-state index contributed by atoms with van der Waals surface area (Å²) in [7, 11) is -4.03. The van der Waals surface area contributed by atoms with Crippen LogP contribution in [0.4, 0.5) is 5.95 Å². The molecule has 2 aromatic heterocycles. The van der Waals surface area contributed by atoms with E-state index in [2.05, 4.69) is 36.0 Å². The molecule has 0 amide bonds. The van der Waals surface area contributed by atoms with Gasteiger partial charge >= 0.3 is 13.7 Å². The number of hydrogen-bond donors (Lipinski definition) is 3. The number of aliphatic carboxylic acids is 1. The van der Waals surface area contributed by atoms with E-state index < -0.39 is 19.8 Å². The highest BCUT2D eigenvalue weighted by atomic mass is 79.9. The predicted octanol–water partition coefficient (Wildman–Crippen LogP) is 4.21. The highest BCUT2D eigenvalue weighted by molar-refractivity contribution is 9.10. The average Bonchev–Trinajstić information content (AvgIpc) is 3.41. The highest BCUT2D eigenvalue weighted by Crippen LogP contribution is 2.47. The summed E-state index contributed by atoms with van der Waals surface area (Å²) in [6, 6.07) is 5.51. The van der Waals surface area contributed by atoms with Gasteiger partial charge in [-0.1, -0.05) is 35.9 Å². The molecule has 1 aromatic carbocycles. The van der Waals surface area contributed by atoms with Crippen molar-refractivity contribution in [3.63, 3.8) is 0 Å². The van der Waals surface area contributed by atoms with Crippen molar-refractivity contribution >= 4 is 58.4 Å². The molecule has 2 heterocycles. The third kappa shape index (κ3) is 5.42. The molecule has 4 rings (SSSR count). The number of carbonyl (C=O) groups is 1. The Kier molecular flexibility index (Phi) is 7.25. The summed E-state index contributed by atoms with van der Waals surface area (Å²) in [4.78, 5) is 23.8. The molecule has 0 radical (unpaired) electrons. The monoisotopic (exact) mass is 570 g/mol. The molecule has 14 heteroatoms. The van der Waals surface area contributed by atoms with Gasteiger partial charge in [-0.05, 0) is 41.4 Å². The van der Waals surface area contributed by atoms with E-state index in [1.807, 2.05) is 16.7 Å². The molecule has 4 atom stereocenters. The van der Waals surface area contributed by atoms with E-state index in [9.17, 15) is 14.5 Å². The zero-order chi connectivity index (χ0) is 24.5. The van der Waals surface area contributed by atoms with Gasteiger partial charge in [0.2, 0.25) is 5.95 Å².